The lowest BCUT2D eigenvalue weighted by molar-refractivity contribution is 0.0696. The first kappa shape index (κ1) is 13.0. The van der Waals surface area contributed by atoms with Crippen molar-refractivity contribution in [1.82, 2.24) is 4.98 Å². The maximum Gasteiger partial charge on any atom is 0.335 e. The molecule has 0 aliphatic carbocycles. The van der Waals surface area contributed by atoms with E-state index in [1.165, 1.54) is 11.3 Å². The zero-order chi connectivity index (χ0) is 13.0. The van der Waals surface area contributed by atoms with Crippen molar-refractivity contribution in [2.24, 2.45) is 0 Å². The molecule has 0 aliphatic heterocycles. The number of carbonyl (C=O) groups is 1. The number of benzene rings is 1. The molecule has 0 atom stereocenters. The van der Waals surface area contributed by atoms with Gasteiger partial charge in [-0.2, -0.15) is 0 Å². The van der Waals surface area contributed by atoms with E-state index in [4.69, 9.17) is 5.11 Å². The Morgan fingerprint density at radius 2 is 2.22 bits per heavy atom. The molecule has 1 heterocycles. The van der Waals surface area contributed by atoms with Crippen LogP contribution in [0.5, 0.6) is 0 Å². The van der Waals surface area contributed by atoms with Gasteiger partial charge in [-0.3, -0.25) is 0 Å². The number of nitrogens with one attached hydrogen (secondary N) is 1. The molecule has 0 aliphatic rings. The normalized spacial score (nSPS) is 10.3. The van der Waals surface area contributed by atoms with Crippen LogP contribution in [0.25, 0.3) is 0 Å². The smallest absolute Gasteiger partial charge is 0.335 e. The van der Waals surface area contributed by atoms with E-state index in [0.717, 1.165) is 15.3 Å². The molecule has 0 bridgehead atoms. The van der Waals surface area contributed by atoms with Crippen molar-refractivity contribution in [1.29, 1.82) is 0 Å². The SMILES string of the molecule is O=C(O)c1ccccc1CCNc1nc(Br)cs1. The fraction of sp³-hybridized carbons (Fsp3) is 0.167. The van der Waals surface area contributed by atoms with Gasteiger partial charge >= 0.3 is 5.97 Å². The average Bonchev–Trinajstić information content (AvgIpc) is 2.75. The second kappa shape index (κ2) is 5.97. The Morgan fingerprint density at radius 1 is 1.44 bits per heavy atom. The number of nitrogens with zero attached hydrogens (tertiary/aromatic N) is 1. The number of aromatic nitrogens is 1. The summed E-state index contributed by atoms with van der Waals surface area (Å²) in [6.45, 7) is 0.657. The number of rotatable bonds is 5. The zero-order valence-electron chi connectivity index (χ0n) is 9.39. The molecular weight excluding hydrogens is 316 g/mol. The minimum absolute atomic E-state index is 0.361. The van der Waals surface area contributed by atoms with Crippen molar-refractivity contribution >= 4 is 38.4 Å². The van der Waals surface area contributed by atoms with Crippen LogP contribution in [-0.4, -0.2) is 22.6 Å². The van der Waals surface area contributed by atoms with Gasteiger partial charge in [-0.05, 0) is 34.0 Å². The average molecular weight is 327 g/mol. The van der Waals surface area contributed by atoms with E-state index in [2.05, 4.69) is 26.2 Å². The Labute approximate surface area is 117 Å². The number of thiazole rings is 1. The van der Waals surface area contributed by atoms with E-state index in [-0.39, 0.29) is 0 Å². The van der Waals surface area contributed by atoms with Crippen molar-refractivity contribution in [3.8, 4) is 0 Å². The van der Waals surface area contributed by atoms with Crippen LogP contribution in [0.1, 0.15) is 15.9 Å². The van der Waals surface area contributed by atoms with Gasteiger partial charge in [0.15, 0.2) is 5.13 Å². The van der Waals surface area contributed by atoms with Crippen molar-refractivity contribution < 1.29 is 9.90 Å². The molecule has 2 aromatic rings. The molecule has 0 spiro atoms. The molecule has 0 amide bonds. The van der Waals surface area contributed by atoms with Crippen LogP contribution in [0, 0.1) is 0 Å². The number of hydrogen-bond donors (Lipinski definition) is 2. The van der Waals surface area contributed by atoms with E-state index in [1.54, 1.807) is 12.1 Å². The molecule has 94 valence electrons. The highest BCUT2D eigenvalue weighted by atomic mass is 79.9. The van der Waals surface area contributed by atoms with Crippen LogP contribution in [0.3, 0.4) is 0 Å². The molecule has 2 rings (SSSR count). The quantitative estimate of drug-likeness (QED) is 0.885. The Morgan fingerprint density at radius 3 is 2.89 bits per heavy atom. The molecule has 0 saturated heterocycles. The second-order valence-corrected chi connectivity index (χ2v) is 5.29. The molecule has 1 aromatic carbocycles. The van der Waals surface area contributed by atoms with Crippen molar-refractivity contribution in [3.05, 3.63) is 45.4 Å². The number of carboxylic acids is 1. The third kappa shape index (κ3) is 3.30. The van der Waals surface area contributed by atoms with E-state index < -0.39 is 5.97 Å². The summed E-state index contributed by atoms with van der Waals surface area (Å²) >= 11 is 4.79. The summed E-state index contributed by atoms with van der Waals surface area (Å²) in [7, 11) is 0. The lowest BCUT2D eigenvalue weighted by atomic mass is 10.1. The van der Waals surface area contributed by atoms with Gasteiger partial charge in [-0.25, -0.2) is 9.78 Å². The topological polar surface area (TPSA) is 62.2 Å². The van der Waals surface area contributed by atoms with Gasteiger partial charge in [0.25, 0.3) is 0 Å². The number of halogens is 1. The summed E-state index contributed by atoms with van der Waals surface area (Å²) in [4.78, 5) is 15.2. The highest BCUT2D eigenvalue weighted by Crippen LogP contribution is 2.19. The summed E-state index contributed by atoms with van der Waals surface area (Å²) in [5.41, 5.74) is 1.19. The summed E-state index contributed by atoms with van der Waals surface area (Å²) in [6.07, 6.45) is 0.652. The maximum absolute atomic E-state index is 11.0. The van der Waals surface area contributed by atoms with Crippen LogP contribution in [0.4, 0.5) is 5.13 Å². The Bertz CT molecular complexity index is 557. The van der Waals surface area contributed by atoms with Crippen molar-refractivity contribution in [2.45, 2.75) is 6.42 Å². The van der Waals surface area contributed by atoms with Crippen molar-refractivity contribution in [2.75, 3.05) is 11.9 Å². The monoisotopic (exact) mass is 326 g/mol. The number of carboxylic acid groups (broad SMARTS) is 1. The lowest BCUT2D eigenvalue weighted by Gasteiger charge is -2.06. The van der Waals surface area contributed by atoms with E-state index in [0.29, 0.717) is 18.5 Å². The molecule has 2 N–H and O–H groups in total. The summed E-state index contributed by atoms with van der Waals surface area (Å²) < 4.78 is 0.806. The lowest BCUT2D eigenvalue weighted by Crippen LogP contribution is -2.08. The molecule has 18 heavy (non-hydrogen) atoms. The minimum Gasteiger partial charge on any atom is -0.478 e. The van der Waals surface area contributed by atoms with E-state index >= 15 is 0 Å². The van der Waals surface area contributed by atoms with Gasteiger partial charge in [-0.1, -0.05) is 18.2 Å². The molecule has 1 aromatic heterocycles. The standard InChI is InChI=1S/C12H11BrN2O2S/c13-10-7-18-12(15-10)14-6-5-8-3-1-2-4-9(8)11(16)17/h1-4,7H,5-6H2,(H,14,15)(H,16,17). The van der Waals surface area contributed by atoms with Crippen LogP contribution in [0.2, 0.25) is 0 Å². The molecule has 6 heteroatoms. The van der Waals surface area contributed by atoms with Crippen LogP contribution in [-0.2, 0) is 6.42 Å². The van der Waals surface area contributed by atoms with Gasteiger partial charge < -0.3 is 10.4 Å². The molecule has 0 saturated carbocycles. The van der Waals surface area contributed by atoms with Crippen LogP contribution < -0.4 is 5.32 Å². The van der Waals surface area contributed by atoms with Gasteiger partial charge in [0.2, 0.25) is 0 Å². The fourth-order valence-electron chi connectivity index (χ4n) is 1.59. The Kier molecular flexibility index (Phi) is 4.33. The predicted molar refractivity (Wildman–Crippen MR) is 75.4 cm³/mol. The molecule has 4 nitrogen and oxygen atoms in total. The molecular formula is C12H11BrN2O2S. The highest BCUT2D eigenvalue weighted by molar-refractivity contribution is 9.10. The van der Waals surface area contributed by atoms with E-state index in [1.807, 2.05) is 17.5 Å². The van der Waals surface area contributed by atoms with Crippen LogP contribution in [0.15, 0.2) is 34.2 Å². The summed E-state index contributed by atoms with van der Waals surface area (Å²) in [5, 5.41) is 14.9. The first-order chi connectivity index (χ1) is 8.66. The molecule has 0 radical (unpaired) electrons. The second-order valence-electron chi connectivity index (χ2n) is 3.61. The maximum atomic E-state index is 11.0. The van der Waals surface area contributed by atoms with Gasteiger partial charge in [0.05, 0.1) is 5.56 Å². The van der Waals surface area contributed by atoms with E-state index in [9.17, 15) is 4.79 Å². The highest BCUT2D eigenvalue weighted by Gasteiger charge is 2.08. The number of hydrogen-bond acceptors (Lipinski definition) is 4. The zero-order valence-corrected chi connectivity index (χ0v) is 11.8. The Balaban J connectivity index is 1.96. The Hall–Kier alpha value is -1.40. The molecule has 0 fully saturated rings. The summed E-state index contributed by atoms with van der Waals surface area (Å²) in [6, 6.07) is 7.04. The predicted octanol–water partition coefficient (Wildman–Crippen LogP) is 3.26. The number of anilines is 1. The van der Waals surface area contributed by atoms with Crippen LogP contribution >= 0.6 is 27.3 Å². The number of aromatic carboxylic acids is 1. The van der Waals surface area contributed by atoms with Gasteiger partial charge in [0.1, 0.15) is 4.60 Å². The van der Waals surface area contributed by atoms with Gasteiger partial charge in [0, 0.05) is 11.9 Å². The third-order valence-electron chi connectivity index (χ3n) is 2.39. The first-order valence-electron chi connectivity index (χ1n) is 5.33. The summed E-state index contributed by atoms with van der Waals surface area (Å²) in [5.74, 6) is -0.886. The van der Waals surface area contributed by atoms with Gasteiger partial charge in [-0.15, -0.1) is 11.3 Å². The minimum atomic E-state index is -0.886. The largest absolute Gasteiger partial charge is 0.478 e. The fourth-order valence-corrected chi connectivity index (χ4v) is 2.76. The first-order valence-corrected chi connectivity index (χ1v) is 7.00. The molecule has 0 unspecified atom stereocenters. The third-order valence-corrected chi connectivity index (χ3v) is 3.90. The van der Waals surface area contributed by atoms with Crippen molar-refractivity contribution in [3.63, 3.8) is 0 Å².